The summed E-state index contributed by atoms with van der Waals surface area (Å²) >= 11 is 0. The summed E-state index contributed by atoms with van der Waals surface area (Å²) in [5.74, 6) is 0.971. The van der Waals surface area contributed by atoms with Crippen LogP contribution in [0, 0.1) is 0 Å². The number of aromatic nitrogens is 6. The van der Waals surface area contributed by atoms with E-state index in [2.05, 4.69) is 25.1 Å². The van der Waals surface area contributed by atoms with Gasteiger partial charge in [-0.25, -0.2) is 9.97 Å². The van der Waals surface area contributed by atoms with Crippen LogP contribution >= 0.6 is 0 Å². The number of nitrogens with one attached hydrogen (secondary N) is 1. The molecule has 3 heterocycles. The molecule has 0 fully saturated rings. The third kappa shape index (κ3) is 1.12. The van der Waals surface area contributed by atoms with Crippen molar-refractivity contribution in [2.24, 2.45) is 5.73 Å². The fourth-order valence-corrected chi connectivity index (χ4v) is 1.69. The van der Waals surface area contributed by atoms with Gasteiger partial charge in [0.25, 0.3) is 0 Å². The van der Waals surface area contributed by atoms with E-state index in [1.54, 1.807) is 12.7 Å². The van der Waals surface area contributed by atoms with Gasteiger partial charge in [-0.2, -0.15) is 0 Å². The van der Waals surface area contributed by atoms with Crippen LogP contribution in [-0.4, -0.2) is 36.1 Å². The zero-order chi connectivity index (χ0) is 11.1. The predicted octanol–water partition coefficient (Wildman–Crippen LogP) is 0.0628. The molecule has 0 aromatic carbocycles. The number of H-pyrrole nitrogens is 1. The molecule has 7 heteroatoms. The topological polar surface area (TPSA) is 97.8 Å². The Morgan fingerprint density at radius 1 is 1.44 bits per heavy atom. The molecule has 0 spiro atoms. The lowest BCUT2D eigenvalue weighted by molar-refractivity contribution is 0.698. The minimum Gasteiger partial charge on any atom is -0.340 e. The van der Waals surface area contributed by atoms with E-state index in [9.17, 15) is 0 Å². The Bertz CT molecular complexity index is 637. The Labute approximate surface area is 90.7 Å². The van der Waals surface area contributed by atoms with Gasteiger partial charge in [0.2, 0.25) is 0 Å². The molecular weight excluding hydrogens is 206 g/mol. The van der Waals surface area contributed by atoms with Gasteiger partial charge in [-0.05, 0) is 0 Å². The van der Waals surface area contributed by atoms with E-state index >= 15 is 0 Å². The first-order valence-corrected chi connectivity index (χ1v) is 5.04. The Hall–Kier alpha value is -2.02. The molecular formula is C9H11N7. The van der Waals surface area contributed by atoms with Gasteiger partial charge in [-0.3, -0.25) is 4.40 Å². The van der Waals surface area contributed by atoms with Crippen molar-refractivity contribution in [1.29, 1.82) is 0 Å². The Kier molecular flexibility index (Phi) is 1.87. The quantitative estimate of drug-likeness (QED) is 0.632. The van der Waals surface area contributed by atoms with Gasteiger partial charge in [0.05, 0.1) is 6.33 Å². The van der Waals surface area contributed by atoms with Gasteiger partial charge >= 0.3 is 0 Å². The van der Waals surface area contributed by atoms with Gasteiger partial charge in [-0.1, -0.05) is 6.92 Å². The van der Waals surface area contributed by atoms with Gasteiger partial charge in [0, 0.05) is 12.5 Å². The van der Waals surface area contributed by atoms with E-state index in [-0.39, 0.29) is 5.92 Å². The van der Waals surface area contributed by atoms with E-state index in [1.165, 1.54) is 0 Å². The molecule has 0 bridgehead atoms. The van der Waals surface area contributed by atoms with Crippen molar-refractivity contribution in [1.82, 2.24) is 29.5 Å². The van der Waals surface area contributed by atoms with Crippen molar-refractivity contribution in [2.75, 3.05) is 6.54 Å². The van der Waals surface area contributed by atoms with Crippen LogP contribution in [0.4, 0.5) is 0 Å². The maximum absolute atomic E-state index is 5.63. The molecule has 0 radical (unpaired) electrons. The maximum atomic E-state index is 5.63. The molecule has 3 aromatic heterocycles. The van der Waals surface area contributed by atoms with Crippen LogP contribution in [0.25, 0.3) is 16.8 Å². The summed E-state index contributed by atoms with van der Waals surface area (Å²) in [5, 5.41) is 8.28. The highest BCUT2D eigenvalue weighted by Crippen LogP contribution is 2.17. The molecule has 0 saturated heterocycles. The normalized spacial score (nSPS) is 13.6. The summed E-state index contributed by atoms with van der Waals surface area (Å²) in [4.78, 5) is 11.3. The standard InChI is InChI=1S/C9H11N7/c1-5(2-10)8-14-15-9-6-7(12-3-11-6)13-4-16(8)9/h3-5H,2,10H2,1H3,(H,11,12). The van der Waals surface area contributed by atoms with Crippen LogP contribution in [-0.2, 0) is 0 Å². The highest BCUT2D eigenvalue weighted by atomic mass is 15.3. The van der Waals surface area contributed by atoms with Crippen molar-refractivity contribution in [3.8, 4) is 0 Å². The van der Waals surface area contributed by atoms with Crippen LogP contribution in [0.5, 0.6) is 0 Å². The fraction of sp³-hybridized carbons (Fsp3) is 0.333. The minimum atomic E-state index is 0.150. The highest BCUT2D eigenvalue weighted by molar-refractivity contribution is 5.84. The summed E-state index contributed by atoms with van der Waals surface area (Å²) in [6.45, 7) is 2.54. The smallest absolute Gasteiger partial charge is 0.189 e. The second-order valence-corrected chi connectivity index (χ2v) is 3.73. The van der Waals surface area contributed by atoms with E-state index in [1.807, 2.05) is 11.3 Å². The second-order valence-electron chi connectivity index (χ2n) is 3.73. The summed E-state index contributed by atoms with van der Waals surface area (Å²) in [6.07, 6.45) is 3.28. The largest absolute Gasteiger partial charge is 0.340 e. The van der Waals surface area contributed by atoms with Crippen LogP contribution in [0.1, 0.15) is 18.7 Å². The summed E-state index contributed by atoms with van der Waals surface area (Å²) in [5.41, 5.74) is 7.80. The lowest BCUT2D eigenvalue weighted by Gasteiger charge is -2.04. The third-order valence-electron chi connectivity index (χ3n) is 2.65. The van der Waals surface area contributed by atoms with Crippen molar-refractivity contribution in [3.63, 3.8) is 0 Å². The van der Waals surface area contributed by atoms with Crippen LogP contribution in [0.3, 0.4) is 0 Å². The molecule has 3 N–H and O–H groups in total. The van der Waals surface area contributed by atoms with Gasteiger partial charge in [0.1, 0.15) is 17.7 Å². The minimum absolute atomic E-state index is 0.150. The van der Waals surface area contributed by atoms with E-state index in [0.29, 0.717) is 12.2 Å². The van der Waals surface area contributed by atoms with E-state index in [0.717, 1.165) is 17.0 Å². The number of nitrogens with two attached hydrogens (primary N) is 1. The molecule has 1 atom stereocenters. The second kappa shape index (κ2) is 3.24. The van der Waals surface area contributed by atoms with Gasteiger partial charge < -0.3 is 10.7 Å². The molecule has 0 aliphatic heterocycles. The zero-order valence-electron chi connectivity index (χ0n) is 8.75. The number of rotatable bonds is 2. The maximum Gasteiger partial charge on any atom is 0.189 e. The Morgan fingerprint density at radius 2 is 2.31 bits per heavy atom. The third-order valence-corrected chi connectivity index (χ3v) is 2.65. The number of hydrogen-bond acceptors (Lipinski definition) is 5. The SMILES string of the molecule is CC(CN)c1nnc2c3[nH]cnc3ncn12. The molecule has 16 heavy (non-hydrogen) atoms. The summed E-state index contributed by atoms with van der Waals surface area (Å²) in [6, 6.07) is 0. The van der Waals surface area contributed by atoms with Crippen molar-refractivity contribution >= 4 is 16.8 Å². The molecule has 1 unspecified atom stereocenters. The Balaban J connectivity index is 2.34. The molecule has 3 aromatic rings. The first-order valence-electron chi connectivity index (χ1n) is 5.04. The number of nitrogens with zero attached hydrogens (tertiary/aromatic N) is 5. The molecule has 3 rings (SSSR count). The van der Waals surface area contributed by atoms with E-state index < -0.39 is 0 Å². The molecule has 82 valence electrons. The molecule has 7 nitrogen and oxygen atoms in total. The number of fused-ring (bicyclic) bond motifs is 3. The monoisotopic (exact) mass is 217 g/mol. The van der Waals surface area contributed by atoms with Crippen LogP contribution < -0.4 is 5.73 Å². The summed E-state index contributed by atoms with van der Waals surface area (Å²) < 4.78 is 1.85. The predicted molar refractivity (Wildman–Crippen MR) is 57.9 cm³/mol. The van der Waals surface area contributed by atoms with Crippen LogP contribution in [0.15, 0.2) is 12.7 Å². The molecule has 0 saturated carbocycles. The lowest BCUT2D eigenvalue weighted by Crippen LogP contribution is -2.12. The average molecular weight is 217 g/mol. The summed E-state index contributed by atoms with van der Waals surface area (Å²) in [7, 11) is 0. The zero-order valence-corrected chi connectivity index (χ0v) is 8.75. The van der Waals surface area contributed by atoms with Gasteiger partial charge in [-0.15, -0.1) is 10.2 Å². The van der Waals surface area contributed by atoms with Crippen LogP contribution in [0.2, 0.25) is 0 Å². The molecule has 0 aliphatic carbocycles. The Morgan fingerprint density at radius 3 is 3.12 bits per heavy atom. The number of hydrogen-bond donors (Lipinski definition) is 2. The number of imidazole rings is 1. The average Bonchev–Trinajstić information content (AvgIpc) is 2.92. The molecule has 0 amide bonds. The first-order chi connectivity index (χ1) is 7.81. The van der Waals surface area contributed by atoms with Crippen molar-refractivity contribution in [2.45, 2.75) is 12.8 Å². The van der Waals surface area contributed by atoms with Crippen molar-refractivity contribution in [3.05, 3.63) is 18.5 Å². The van der Waals surface area contributed by atoms with Gasteiger partial charge in [0.15, 0.2) is 11.3 Å². The first kappa shape index (κ1) is 9.22. The van der Waals surface area contributed by atoms with E-state index in [4.69, 9.17) is 5.73 Å². The van der Waals surface area contributed by atoms with Crippen molar-refractivity contribution < 1.29 is 0 Å². The lowest BCUT2D eigenvalue weighted by atomic mass is 10.2. The highest BCUT2D eigenvalue weighted by Gasteiger charge is 2.14. The molecule has 0 aliphatic rings. The number of aromatic amines is 1. The fourth-order valence-electron chi connectivity index (χ4n) is 1.69.